The summed E-state index contributed by atoms with van der Waals surface area (Å²) in [4.78, 5) is 0. The maximum atomic E-state index is 4.89. The van der Waals surface area contributed by atoms with Crippen LogP contribution in [0.25, 0.3) is 116 Å². The van der Waals surface area contributed by atoms with Gasteiger partial charge in [0.15, 0.2) is 0 Å². The number of nitrogens with zero attached hydrogens (tertiary/aromatic N) is 4. The summed E-state index contributed by atoms with van der Waals surface area (Å²) < 4.78 is 4.89. The average molecular weight is 875 g/mol. The molecule has 0 saturated heterocycles. The van der Waals surface area contributed by atoms with Gasteiger partial charge in [-0.15, -0.1) is 10.2 Å². The van der Waals surface area contributed by atoms with Crippen molar-refractivity contribution in [2.45, 2.75) is 12.8 Å². The number of fused-ring (bicyclic) bond motifs is 6. The highest BCUT2D eigenvalue weighted by atomic mass is 32.1. The van der Waals surface area contributed by atoms with Crippen molar-refractivity contribution >= 4 is 50.1 Å². The lowest BCUT2D eigenvalue weighted by atomic mass is 9.97. The van der Waals surface area contributed by atoms with Crippen molar-refractivity contribution in [3.05, 3.63) is 236 Å². The number of aromatic nitrogens is 4. The molecule has 13 rings (SSSR count). The molecular formula is C62H42N4S. The lowest BCUT2D eigenvalue weighted by Gasteiger charge is -2.16. The Morgan fingerprint density at radius 1 is 0.343 bits per heavy atom. The molecule has 0 aliphatic heterocycles. The van der Waals surface area contributed by atoms with Crippen LogP contribution in [0, 0.1) is 0 Å². The van der Waals surface area contributed by atoms with Gasteiger partial charge in [0.05, 0.1) is 16.6 Å². The van der Waals surface area contributed by atoms with E-state index in [0.29, 0.717) is 0 Å². The molecule has 1 aliphatic carbocycles. The van der Waals surface area contributed by atoms with Crippen LogP contribution in [0.5, 0.6) is 0 Å². The van der Waals surface area contributed by atoms with E-state index in [1.165, 1.54) is 77.4 Å². The first-order valence-electron chi connectivity index (χ1n) is 22.9. The van der Waals surface area contributed by atoms with Crippen LogP contribution in [0.2, 0.25) is 0 Å². The Morgan fingerprint density at radius 3 is 1.30 bits per heavy atom. The van der Waals surface area contributed by atoms with E-state index in [1.807, 2.05) is 0 Å². The molecule has 316 valence electrons. The first-order valence-corrected chi connectivity index (χ1v) is 23.8. The normalized spacial score (nSPS) is 12.3. The summed E-state index contributed by atoms with van der Waals surface area (Å²) in [5, 5.41) is 15.3. The largest absolute Gasteiger partial charge is 0.310 e. The first-order chi connectivity index (χ1) is 33.2. The topological polar surface area (TPSA) is 35.6 Å². The van der Waals surface area contributed by atoms with Gasteiger partial charge in [-0.05, 0) is 124 Å². The molecule has 5 heteroatoms. The Morgan fingerprint density at radius 2 is 0.776 bits per heavy atom. The highest BCUT2D eigenvalue weighted by Crippen LogP contribution is 2.42. The van der Waals surface area contributed by atoms with Crippen molar-refractivity contribution in [1.82, 2.24) is 19.3 Å². The summed E-state index contributed by atoms with van der Waals surface area (Å²) in [7, 11) is 0. The van der Waals surface area contributed by atoms with Crippen LogP contribution >= 0.6 is 11.3 Å². The minimum Gasteiger partial charge on any atom is -0.310 e. The summed E-state index contributed by atoms with van der Waals surface area (Å²) in [5.74, 6) is 0. The van der Waals surface area contributed by atoms with Crippen LogP contribution in [0.1, 0.15) is 17.7 Å². The van der Waals surface area contributed by atoms with E-state index >= 15 is 0 Å². The molecule has 0 amide bonds. The first kappa shape index (κ1) is 39.0. The number of hydrogen-bond donors (Lipinski definition) is 0. The van der Waals surface area contributed by atoms with Gasteiger partial charge >= 0.3 is 0 Å². The Balaban J connectivity index is 0.941. The number of para-hydroxylation sites is 1. The molecule has 0 spiro atoms. The second-order valence-electron chi connectivity index (χ2n) is 17.4. The van der Waals surface area contributed by atoms with Gasteiger partial charge in [-0.1, -0.05) is 181 Å². The lowest BCUT2D eigenvalue weighted by Crippen LogP contribution is -2.01. The van der Waals surface area contributed by atoms with Gasteiger partial charge in [0.2, 0.25) is 0 Å². The highest BCUT2D eigenvalue weighted by Gasteiger charge is 2.22. The number of rotatable bonds is 8. The van der Waals surface area contributed by atoms with Gasteiger partial charge in [-0.3, -0.25) is 0 Å². The van der Waals surface area contributed by atoms with Crippen molar-refractivity contribution in [2.24, 2.45) is 0 Å². The van der Waals surface area contributed by atoms with E-state index in [0.717, 1.165) is 56.4 Å². The minimum absolute atomic E-state index is 0.887. The highest BCUT2D eigenvalue weighted by molar-refractivity contribution is 7.17. The maximum Gasteiger partial charge on any atom is 0.148 e. The van der Waals surface area contributed by atoms with Gasteiger partial charge in [0.1, 0.15) is 10.0 Å². The quantitative estimate of drug-likeness (QED) is 0.152. The van der Waals surface area contributed by atoms with Gasteiger partial charge < -0.3 is 9.13 Å². The smallest absolute Gasteiger partial charge is 0.148 e. The van der Waals surface area contributed by atoms with Crippen molar-refractivity contribution in [3.63, 3.8) is 0 Å². The van der Waals surface area contributed by atoms with Crippen LogP contribution in [0.3, 0.4) is 0 Å². The van der Waals surface area contributed by atoms with Crippen molar-refractivity contribution in [3.8, 4) is 77.0 Å². The summed E-state index contributed by atoms with van der Waals surface area (Å²) in [6.45, 7) is 0. The van der Waals surface area contributed by atoms with Crippen LogP contribution in [0.4, 0.5) is 0 Å². The Bertz CT molecular complexity index is 3730. The number of aryl methyl sites for hydroxylation is 1. The minimum atomic E-state index is 0.887. The second-order valence-corrected chi connectivity index (χ2v) is 18.3. The summed E-state index contributed by atoms with van der Waals surface area (Å²) in [5.41, 5.74) is 19.9. The fourth-order valence-corrected chi connectivity index (χ4v) is 11.0. The molecule has 0 saturated carbocycles. The monoisotopic (exact) mass is 874 g/mol. The molecular weight excluding hydrogens is 833 g/mol. The Hall–Kier alpha value is -8.38. The predicted molar refractivity (Wildman–Crippen MR) is 281 cm³/mol. The van der Waals surface area contributed by atoms with Crippen molar-refractivity contribution in [2.75, 3.05) is 0 Å². The van der Waals surface area contributed by atoms with E-state index in [2.05, 4.69) is 240 Å². The molecule has 0 atom stereocenters. The van der Waals surface area contributed by atoms with Gasteiger partial charge in [-0.25, -0.2) is 0 Å². The molecule has 0 bridgehead atoms. The van der Waals surface area contributed by atoms with Crippen LogP contribution in [-0.2, 0) is 6.42 Å². The van der Waals surface area contributed by atoms with Gasteiger partial charge in [-0.2, -0.15) is 0 Å². The standard InChI is InChI=1S/C62H42N4S/c1-5-17-41(18-6-1)47-33-48(42-19-7-2-8-20-42)36-51(35-47)65-57-27-15-13-25-53(57)55-31-29-45(39-59(55)65)61-63-64-62(67-61)46-30-32-56-54-26-14-16-28-58(54)66(60(56)40-46)52-37-49(43-21-9-3-10-22-43)34-50(38-52)44-23-11-4-12-24-44/h1-13,15-25,27-40H,14,26H2. The van der Waals surface area contributed by atoms with Gasteiger partial charge in [0, 0.05) is 44.4 Å². The third-order valence-electron chi connectivity index (χ3n) is 13.3. The van der Waals surface area contributed by atoms with Crippen LogP contribution in [-0.4, -0.2) is 19.3 Å². The van der Waals surface area contributed by atoms with E-state index in [9.17, 15) is 0 Å². The number of hydrogen-bond acceptors (Lipinski definition) is 3. The predicted octanol–water partition coefficient (Wildman–Crippen LogP) is 16.5. The molecule has 67 heavy (non-hydrogen) atoms. The molecule has 3 aromatic heterocycles. The van der Waals surface area contributed by atoms with Crippen molar-refractivity contribution < 1.29 is 0 Å². The number of benzene rings is 9. The van der Waals surface area contributed by atoms with Crippen LogP contribution in [0.15, 0.2) is 224 Å². The molecule has 0 radical (unpaired) electrons. The molecule has 3 heterocycles. The molecule has 0 unspecified atom stereocenters. The Kier molecular flexibility index (Phi) is 9.46. The maximum absolute atomic E-state index is 4.89. The van der Waals surface area contributed by atoms with E-state index in [1.54, 1.807) is 11.3 Å². The van der Waals surface area contributed by atoms with E-state index < -0.39 is 0 Å². The molecule has 9 aromatic carbocycles. The summed E-state index contributed by atoms with van der Waals surface area (Å²) >= 11 is 1.65. The zero-order chi connectivity index (χ0) is 44.3. The molecule has 12 aromatic rings. The molecule has 1 aliphatic rings. The average Bonchev–Trinajstić information content (AvgIpc) is 4.12. The van der Waals surface area contributed by atoms with E-state index in [-0.39, 0.29) is 0 Å². The number of allylic oxidation sites excluding steroid dienone is 1. The summed E-state index contributed by atoms with van der Waals surface area (Å²) in [6, 6.07) is 79.1. The third-order valence-corrected chi connectivity index (χ3v) is 14.3. The van der Waals surface area contributed by atoms with Crippen LogP contribution < -0.4 is 0 Å². The van der Waals surface area contributed by atoms with E-state index in [4.69, 9.17) is 10.2 Å². The Labute approximate surface area is 393 Å². The molecule has 0 N–H and O–H groups in total. The zero-order valence-electron chi connectivity index (χ0n) is 36.6. The fraction of sp³-hybridized carbons (Fsp3) is 0.0323. The van der Waals surface area contributed by atoms with Crippen molar-refractivity contribution in [1.29, 1.82) is 0 Å². The fourth-order valence-electron chi connectivity index (χ4n) is 10.2. The third kappa shape index (κ3) is 6.91. The summed E-state index contributed by atoms with van der Waals surface area (Å²) in [6.07, 6.45) is 6.66. The lowest BCUT2D eigenvalue weighted by molar-refractivity contribution is 0.968. The second kappa shape index (κ2) is 16.2. The molecule has 4 nitrogen and oxygen atoms in total. The SMILES string of the molecule is C1=Cc2c(c3ccc(-c4nnc(-c5ccc6c7ccccc7n(-c7cc(-c8ccccc8)cc(-c8ccccc8)c7)c6c5)s4)cc3n2-c2cc(-c3ccccc3)cc(-c3ccccc3)c2)CC1. The zero-order valence-corrected chi connectivity index (χ0v) is 37.4. The van der Waals surface area contributed by atoms with Gasteiger partial charge in [0.25, 0.3) is 0 Å². The molecule has 0 fully saturated rings.